The summed E-state index contributed by atoms with van der Waals surface area (Å²) in [5, 5.41) is 6.65. The van der Waals surface area contributed by atoms with Crippen LogP contribution in [0.15, 0.2) is 67.0 Å². The molecule has 0 aliphatic carbocycles. The third-order valence-corrected chi connectivity index (χ3v) is 6.38. The number of hydrogen-bond acceptors (Lipinski definition) is 5. The highest BCUT2D eigenvalue weighted by Gasteiger charge is 2.25. The van der Waals surface area contributed by atoms with Gasteiger partial charge in [0.1, 0.15) is 11.8 Å². The average Bonchev–Trinajstić information content (AvgIpc) is 3.50. The summed E-state index contributed by atoms with van der Waals surface area (Å²) in [5.41, 5.74) is 2.19. The Morgan fingerprint density at radius 3 is 2.58 bits per heavy atom. The van der Waals surface area contributed by atoms with Crippen molar-refractivity contribution < 1.29 is 14.3 Å². The minimum atomic E-state index is -0.667. The zero-order chi connectivity index (χ0) is 23.4. The van der Waals surface area contributed by atoms with Crippen molar-refractivity contribution in [1.82, 2.24) is 20.2 Å². The zero-order valence-corrected chi connectivity index (χ0v) is 19.6. The molecule has 0 radical (unpaired) electrons. The fraction of sp³-hybridized carbons (Fsp3) is 0.240. The number of thiazole rings is 1. The first-order valence-electron chi connectivity index (χ1n) is 10.7. The van der Waals surface area contributed by atoms with Crippen LogP contribution in [0.5, 0.6) is 5.75 Å². The van der Waals surface area contributed by atoms with Gasteiger partial charge in [-0.15, -0.1) is 0 Å². The summed E-state index contributed by atoms with van der Waals surface area (Å²) in [5.74, 6) is 0.0937. The maximum absolute atomic E-state index is 13.0. The number of methoxy groups -OCH3 is 1. The largest absolute Gasteiger partial charge is 0.496 e. The molecule has 2 heterocycles. The number of nitrogens with zero attached hydrogens (tertiary/aromatic N) is 2. The van der Waals surface area contributed by atoms with E-state index in [1.165, 1.54) is 11.3 Å². The van der Waals surface area contributed by atoms with E-state index in [0.717, 1.165) is 20.9 Å². The van der Waals surface area contributed by atoms with Crippen LogP contribution in [0, 0.1) is 5.92 Å². The minimum absolute atomic E-state index is 0.0842. The normalized spacial score (nSPS) is 12.0. The summed E-state index contributed by atoms with van der Waals surface area (Å²) in [6, 6.07) is 16.1. The fourth-order valence-corrected chi connectivity index (χ4v) is 4.50. The van der Waals surface area contributed by atoms with Gasteiger partial charge in [0.2, 0.25) is 5.91 Å². The molecule has 33 heavy (non-hydrogen) atoms. The summed E-state index contributed by atoms with van der Waals surface area (Å²) >= 11 is 1.51. The Bertz CT molecular complexity index is 1260. The van der Waals surface area contributed by atoms with E-state index >= 15 is 0 Å². The Balaban J connectivity index is 1.46. The number of fused-ring (bicyclic) bond motifs is 1. The molecule has 4 aromatic rings. The number of ether oxygens (including phenoxy) is 1. The van der Waals surface area contributed by atoms with Crippen molar-refractivity contribution in [3.05, 3.63) is 78.1 Å². The molecule has 0 fully saturated rings. The van der Waals surface area contributed by atoms with E-state index in [-0.39, 0.29) is 17.7 Å². The molecular weight excluding hydrogens is 436 g/mol. The lowest BCUT2D eigenvalue weighted by Gasteiger charge is -2.22. The standard InChI is InChI=1S/C25H26N4O3S/c1-16(2)22(24(31)26-15-18-8-4-5-9-20(18)32-3)28-23(30)17-10-11-19-21(14-17)33-25(27-19)29-12-6-7-13-29/h4-14,16,22H,15H2,1-3H3,(H,26,31)(H,28,30). The Morgan fingerprint density at radius 1 is 1.09 bits per heavy atom. The van der Waals surface area contributed by atoms with Gasteiger partial charge in [0.15, 0.2) is 5.13 Å². The van der Waals surface area contributed by atoms with Gasteiger partial charge >= 0.3 is 0 Å². The summed E-state index contributed by atoms with van der Waals surface area (Å²) in [6.07, 6.45) is 3.87. The summed E-state index contributed by atoms with van der Waals surface area (Å²) in [7, 11) is 1.60. The van der Waals surface area contributed by atoms with Crippen LogP contribution in [0.25, 0.3) is 15.3 Å². The highest BCUT2D eigenvalue weighted by Crippen LogP contribution is 2.26. The monoisotopic (exact) mass is 462 g/mol. The predicted molar refractivity (Wildman–Crippen MR) is 130 cm³/mol. The molecule has 170 valence electrons. The van der Waals surface area contributed by atoms with Gasteiger partial charge < -0.3 is 19.9 Å². The molecule has 0 aliphatic rings. The van der Waals surface area contributed by atoms with Gasteiger partial charge in [-0.25, -0.2) is 4.98 Å². The van der Waals surface area contributed by atoms with E-state index in [9.17, 15) is 9.59 Å². The van der Waals surface area contributed by atoms with Crippen molar-refractivity contribution in [3.63, 3.8) is 0 Å². The van der Waals surface area contributed by atoms with Crippen LogP contribution in [0.3, 0.4) is 0 Å². The Morgan fingerprint density at radius 2 is 1.85 bits per heavy atom. The summed E-state index contributed by atoms with van der Waals surface area (Å²) < 4.78 is 8.19. The highest BCUT2D eigenvalue weighted by molar-refractivity contribution is 7.20. The number of aromatic nitrogens is 2. The minimum Gasteiger partial charge on any atom is -0.496 e. The molecule has 1 unspecified atom stereocenters. The maximum Gasteiger partial charge on any atom is 0.251 e. The van der Waals surface area contributed by atoms with E-state index in [1.54, 1.807) is 13.2 Å². The number of nitrogens with one attached hydrogen (secondary N) is 2. The molecular formula is C25H26N4O3S. The molecule has 2 N–H and O–H groups in total. The fourth-order valence-electron chi connectivity index (χ4n) is 3.53. The third kappa shape index (κ3) is 5.06. The van der Waals surface area contributed by atoms with Crippen LogP contribution in [0.1, 0.15) is 29.8 Å². The SMILES string of the molecule is COc1ccccc1CNC(=O)C(NC(=O)c1ccc2nc(-n3cccc3)sc2c1)C(C)C. The van der Waals surface area contributed by atoms with Crippen molar-refractivity contribution >= 4 is 33.4 Å². The molecule has 0 aliphatic heterocycles. The molecule has 4 rings (SSSR count). The van der Waals surface area contributed by atoms with Gasteiger partial charge in [0.25, 0.3) is 5.91 Å². The van der Waals surface area contributed by atoms with E-state index < -0.39 is 6.04 Å². The van der Waals surface area contributed by atoms with Crippen molar-refractivity contribution in [3.8, 4) is 10.9 Å². The van der Waals surface area contributed by atoms with Crippen LogP contribution in [0.2, 0.25) is 0 Å². The number of carbonyl (C=O) groups is 2. The lowest BCUT2D eigenvalue weighted by Crippen LogP contribution is -2.49. The first-order chi connectivity index (χ1) is 16.0. The second-order valence-corrected chi connectivity index (χ2v) is 9.00. The Hall–Kier alpha value is -3.65. The molecule has 1 atom stereocenters. The first kappa shape index (κ1) is 22.5. The average molecular weight is 463 g/mol. The highest BCUT2D eigenvalue weighted by atomic mass is 32.1. The van der Waals surface area contributed by atoms with Crippen LogP contribution < -0.4 is 15.4 Å². The molecule has 2 aromatic carbocycles. The van der Waals surface area contributed by atoms with Gasteiger partial charge in [-0.05, 0) is 42.3 Å². The molecule has 0 saturated heterocycles. The van der Waals surface area contributed by atoms with Gasteiger partial charge in [-0.2, -0.15) is 0 Å². The molecule has 2 aromatic heterocycles. The first-order valence-corrected chi connectivity index (χ1v) is 11.5. The van der Waals surface area contributed by atoms with Crippen LogP contribution in [0.4, 0.5) is 0 Å². The number of benzene rings is 2. The predicted octanol–water partition coefficient (Wildman–Crippen LogP) is 4.17. The van der Waals surface area contributed by atoms with Crippen molar-refractivity contribution in [2.45, 2.75) is 26.4 Å². The Labute approximate surface area is 196 Å². The summed E-state index contributed by atoms with van der Waals surface area (Å²) in [6.45, 7) is 4.13. The van der Waals surface area contributed by atoms with Crippen LogP contribution >= 0.6 is 11.3 Å². The smallest absolute Gasteiger partial charge is 0.251 e. The molecule has 2 amide bonds. The topological polar surface area (TPSA) is 85.2 Å². The van der Waals surface area contributed by atoms with Crippen molar-refractivity contribution in [1.29, 1.82) is 0 Å². The van der Waals surface area contributed by atoms with E-state index in [0.29, 0.717) is 17.9 Å². The van der Waals surface area contributed by atoms with Crippen molar-refractivity contribution in [2.24, 2.45) is 5.92 Å². The van der Waals surface area contributed by atoms with Crippen LogP contribution in [-0.2, 0) is 11.3 Å². The number of para-hydroxylation sites is 1. The van der Waals surface area contributed by atoms with Gasteiger partial charge in [-0.1, -0.05) is 43.4 Å². The van der Waals surface area contributed by atoms with Gasteiger partial charge in [0.05, 0.1) is 17.3 Å². The molecule has 0 bridgehead atoms. The molecule has 0 saturated carbocycles. The number of rotatable bonds is 8. The van der Waals surface area contributed by atoms with Gasteiger partial charge in [-0.3, -0.25) is 9.59 Å². The number of carbonyl (C=O) groups excluding carboxylic acids is 2. The second kappa shape index (κ2) is 9.87. The number of hydrogen-bond donors (Lipinski definition) is 2. The van der Waals surface area contributed by atoms with Gasteiger partial charge in [0, 0.05) is 30.1 Å². The Kier molecular flexibility index (Phi) is 6.74. The molecule has 7 nitrogen and oxygen atoms in total. The second-order valence-electron chi connectivity index (χ2n) is 7.99. The number of amides is 2. The van der Waals surface area contributed by atoms with Crippen LogP contribution in [-0.4, -0.2) is 34.5 Å². The molecule has 0 spiro atoms. The maximum atomic E-state index is 13.0. The third-order valence-electron chi connectivity index (χ3n) is 5.35. The lowest BCUT2D eigenvalue weighted by molar-refractivity contribution is -0.124. The van der Waals surface area contributed by atoms with E-state index in [2.05, 4.69) is 15.6 Å². The van der Waals surface area contributed by atoms with Crippen molar-refractivity contribution in [2.75, 3.05) is 7.11 Å². The summed E-state index contributed by atoms with van der Waals surface area (Å²) in [4.78, 5) is 30.5. The molecule has 8 heteroatoms. The van der Waals surface area contributed by atoms with E-state index in [1.807, 2.05) is 79.3 Å². The quantitative estimate of drug-likeness (QED) is 0.412. The zero-order valence-electron chi connectivity index (χ0n) is 18.7. The van der Waals surface area contributed by atoms with E-state index in [4.69, 9.17) is 4.74 Å². The lowest BCUT2D eigenvalue weighted by atomic mass is 10.0.